The van der Waals surface area contributed by atoms with Crippen molar-refractivity contribution < 1.29 is 18.6 Å². The number of guanidine groups is 1. The van der Waals surface area contributed by atoms with Crippen LogP contribution in [0.2, 0.25) is 0 Å². The average Bonchev–Trinajstić information content (AvgIpc) is 2.79. The third-order valence-electron chi connectivity index (χ3n) is 4.25. The molecular weight excluding hydrogens is 526 g/mol. The van der Waals surface area contributed by atoms with Gasteiger partial charge in [-0.15, -0.1) is 24.0 Å². The number of hydrogen-bond acceptors (Lipinski definition) is 5. The van der Waals surface area contributed by atoms with E-state index in [1.54, 1.807) is 32.5 Å². The lowest BCUT2D eigenvalue weighted by Gasteiger charge is -2.15. The topological polar surface area (TPSA) is 77.0 Å². The van der Waals surface area contributed by atoms with Gasteiger partial charge in [-0.1, -0.05) is 0 Å². The molecule has 0 atom stereocenters. The van der Waals surface area contributed by atoms with Crippen LogP contribution in [0.5, 0.6) is 23.1 Å². The molecule has 32 heavy (non-hydrogen) atoms. The van der Waals surface area contributed by atoms with Gasteiger partial charge in [0.15, 0.2) is 17.5 Å². The van der Waals surface area contributed by atoms with Crippen molar-refractivity contribution >= 4 is 35.6 Å². The number of aliphatic imine (C=N–C) groups is 1. The molecule has 0 amide bonds. The summed E-state index contributed by atoms with van der Waals surface area (Å²) in [4.78, 5) is 8.46. The highest BCUT2D eigenvalue weighted by molar-refractivity contribution is 14.0. The van der Waals surface area contributed by atoms with Crippen LogP contribution in [0.4, 0.5) is 10.1 Å². The van der Waals surface area contributed by atoms with Gasteiger partial charge in [-0.3, -0.25) is 4.99 Å². The van der Waals surface area contributed by atoms with E-state index in [2.05, 4.69) is 20.6 Å². The number of rotatable bonds is 8. The summed E-state index contributed by atoms with van der Waals surface area (Å²) in [6.45, 7) is 2.95. The third-order valence-corrected chi connectivity index (χ3v) is 4.25. The number of benzene rings is 2. The maximum Gasteiger partial charge on any atom is 0.219 e. The molecule has 170 valence electrons. The fourth-order valence-electron chi connectivity index (χ4n) is 2.76. The fourth-order valence-corrected chi connectivity index (χ4v) is 2.76. The molecule has 2 aromatic carbocycles. The lowest BCUT2D eigenvalue weighted by molar-refractivity contribution is 0.311. The van der Waals surface area contributed by atoms with E-state index in [0.29, 0.717) is 42.2 Å². The zero-order valence-electron chi connectivity index (χ0n) is 18.1. The van der Waals surface area contributed by atoms with Crippen molar-refractivity contribution in [3.8, 4) is 23.1 Å². The highest BCUT2D eigenvalue weighted by atomic mass is 127. The van der Waals surface area contributed by atoms with Crippen LogP contribution in [-0.4, -0.2) is 31.7 Å². The van der Waals surface area contributed by atoms with E-state index in [4.69, 9.17) is 14.2 Å². The van der Waals surface area contributed by atoms with Crippen molar-refractivity contribution in [1.82, 2.24) is 10.3 Å². The van der Waals surface area contributed by atoms with Gasteiger partial charge in [0.1, 0.15) is 11.6 Å². The van der Waals surface area contributed by atoms with Crippen molar-refractivity contribution in [2.24, 2.45) is 4.99 Å². The second kappa shape index (κ2) is 12.7. The summed E-state index contributed by atoms with van der Waals surface area (Å²) in [5.41, 5.74) is 1.76. The number of nitrogens with one attached hydrogen (secondary N) is 2. The second-order valence-corrected chi connectivity index (χ2v) is 6.41. The van der Waals surface area contributed by atoms with Crippen LogP contribution >= 0.6 is 24.0 Å². The predicted molar refractivity (Wildman–Crippen MR) is 134 cm³/mol. The Labute approximate surface area is 204 Å². The SMILES string of the molecule is CCOc1cc(NC(=NC)NCc2ccnc(Oc3ccc(F)cc3)c2)ccc1OC.I. The van der Waals surface area contributed by atoms with Gasteiger partial charge in [0, 0.05) is 37.6 Å². The molecule has 0 bridgehead atoms. The molecule has 0 saturated heterocycles. The van der Waals surface area contributed by atoms with Crippen LogP contribution in [0.1, 0.15) is 12.5 Å². The molecule has 0 aliphatic carbocycles. The van der Waals surface area contributed by atoms with E-state index in [9.17, 15) is 4.39 Å². The minimum Gasteiger partial charge on any atom is -0.493 e. The summed E-state index contributed by atoms with van der Waals surface area (Å²) >= 11 is 0. The first kappa shape index (κ1) is 25.2. The number of anilines is 1. The Balaban J connectivity index is 0.00000363. The molecular formula is C23H26FIN4O3. The van der Waals surface area contributed by atoms with E-state index in [0.717, 1.165) is 11.3 Å². The molecule has 7 nitrogen and oxygen atoms in total. The Morgan fingerprint density at radius 2 is 1.84 bits per heavy atom. The molecule has 0 aliphatic rings. The lowest BCUT2D eigenvalue weighted by Crippen LogP contribution is -2.30. The van der Waals surface area contributed by atoms with Crippen molar-refractivity contribution in [2.45, 2.75) is 13.5 Å². The van der Waals surface area contributed by atoms with E-state index < -0.39 is 0 Å². The smallest absolute Gasteiger partial charge is 0.219 e. The molecule has 0 spiro atoms. The summed E-state index contributed by atoms with van der Waals surface area (Å²) in [5, 5.41) is 6.48. The van der Waals surface area contributed by atoms with Gasteiger partial charge in [0.2, 0.25) is 5.88 Å². The quantitative estimate of drug-likeness (QED) is 0.227. The lowest BCUT2D eigenvalue weighted by atomic mass is 10.2. The van der Waals surface area contributed by atoms with E-state index >= 15 is 0 Å². The number of aromatic nitrogens is 1. The van der Waals surface area contributed by atoms with Gasteiger partial charge >= 0.3 is 0 Å². The number of hydrogen-bond donors (Lipinski definition) is 2. The van der Waals surface area contributed by atoms with Crippen LogP contribution in [-0.2, 0) is 6.54 Å². The number of nitrogens with zero attached hydrogens (tertiary/aromatic N) is 2. The molecule has 1 aromatic heterocycles. The predicted octanol–water partition coefficient (Wildman–Crippen LogP) is 5.23. The Morgan fingerprint density at radius 1 is 1.06 bits per heavy atom. The zero-order chi connectivity index (χ0) is 22.1. The molecule has 2 N–H and O–H groups in total. The molecule has 0 aliphatic heterocycles. The molecule has 0 saturated carbocycles. The standard InChI is InChI=1S/C23H25FN4O3.HI/c1-4-30-21-14-18(7-10-20(21)29-3)28-23(25-2)27-15-16-11-12-26-22(13-16)31-19-8-5-17(24)6-9-19;/h5-14H,4,15H2,1-3H3,(H2,25,27,28);1H. The Bertz CT molecular complexity index is 1030. The van der Waals surface area contributed by atoms with Crippen LogP contribution in [0.25, 0.3) is 0 Å². The van der Waals surface area contributed by atoms with Crippen LogP contribution in [0, 0.1) is 5.82 Å². The Kier molecular flexibility index (Phi) is 9.99. The molecule has 3 rings (SSSR count). The van der Waals surface area contributed by atoms with Gasteiger partial charge in [0.25, 0.3) is 0 Å². The summed E-state index contributed by atoms with van der Waals surface area (Å²) in [6, 6.07) is 15.0. The van der Waals surface area contributed by atoms with Crippen molar-refractivity contribution in [1.29, 1.82) is 0 Å². The Hall–Kier alpha value is -3.08. The molecule has 0 radical (unpaired) electrons. The number of methoxy groups -OCH3 is 1. The molecule has 9 heteroatoms. The van der Waals surface area contributed by atoms with Crippen LogP contribution in [0.15, 0.2) is 65.8 Å². The number of ether oxygens (including phenoxy) is 3. The monoisotopic (exact) mass is 552 g/mol. The zero-order valence-corrected chi connectivity index (χ0v) is 20.4. The Morgan fingerprint density at radius 3 is 2.53 bits per heavy atom. The van der Waals surface area contributed by atoms with E-state index in [-0.39, 0.29) is 29.8 Å². The van der Waals surface area contributed by atoms with Gasteiger partial charge in [0.05, 0.1) is 13.7 Å². The van der Waals surface area contributed by atoms with Gasteiger partial charge in [-0.05, 0) is 55.0 Å². The van der Waals surface area contributed by atoms with Gasteiger partial charge in [-0.2, -0.15) is 0 Å². The first-order valence-electron chi connectivity index (χ1n) is 9.78. The summed E-state index contributed by atoms with van der Waals surface area (Å²) in [6.07, 6.45) is 1.66. The van der Waals surface area contributed by atoms with Crippen molar-refractivity contribution in [3.05, 3.63) is 72.2 Å². The van der Waals surface area contributed by atoms with Gasteiger partial charge in [-0.25, -0.2) is 9.37 Å². The maximum absolute atomic E-state index is 13.0. The van der Waals surface area contributed by atoms with Crippen LogP contribution < -0.4 is 24.8 Å². The van der Waals surface area contributed by atoms with Crippen molar-refractivity contribution in [2.75, 3.05) is 26.1 Å². The average molecular weight is 552 g/mol. The molecule has 1 heterocycles. The fraction of sp³-hybridized carbons (Fsp3) is 0.217. The van der Waals surface area contributed by atoms with Crippen molar-refractivity contribution in [3.63, 3.8) is 0 Å². The third kappa shape index (κ3) is 7.26. The number of pyridine rings is 1. The summed E-state index contributed by atoms with van der Waals surface area (Å²) < 4.78 is 29.7. The molecule has 3 aromatic rings. The minimum absolute atomic E-state index is 0. The molecule has 0 unspecified atom stereocenters. The summed E-state index contributed by atoms with van der Waals surface area (Å²) in [5.74, 6) is 2.53. The highest BCUT2D eigenvalue weighted by Crippen LogP contribution is 2.30. The van der Waals surface area contributed by atoms with E-state index in [1.165, 1.54) is 12.1 Å². The first-order chi connectivity index (χ1) is 15.1. The van der Waals surface area contributed by atoms with Gasteiger partial charge < -0.3 is 24.8 Å². The molecule has 0 fully saturated rings. The number of halogens is 2. The largest absolute Gasteiger partial charge is 0.493 e. The second-order valence-electron chi connectivity index (χ2n) is 6.41. The highest BCUT2D eigenvalue weighted by Gasteiger charge is 2.08. The normalized spacial score (nSPS) is 10.7. The maximum atomic E-state index is 13.0. The minimum atomic E-state index is -0.317. The van der Waals surface area contributed by atoms with Crippen LogP contribution in [0.3, 0.4) is 0 Å². The first-order valence-corrected chi connectivity index (χ1v) is 9.78. The summed E-state index contributed by atoms with van der Waals surface area (Å²) in [7, 11) is 3.30. The van der Waals surface area contributed by atoms with E-state index in [1.807, 2.05) is 37.3 Å².